The van der Waals surface area contributed by atoms with Crippen LogP contribution in [0.2, 0.25) is 0 Å². The van der Waals surface area contributed by atoms with Gasteiger partial charge in [-0.2, -0.15) is 0 Å². The molecule has 1 aromatic carbocycles. The van der Waals surface area contributed by atoms with Crippen molar-refractivity contribution in [2.75, 3.05) is 6.61 Å². The molecule has 0 aromatic heterocycles. The molecule has 0 aliphatic heterocycles. The van der Waals surface area contributed by atoms with Crippen LogP contribution in [0, 0.1) is 13.8 Å². The molecule has 1 aromatic rings. The number of rotatable bonds is 8. The summed E-state index contributed by atoms with van der Waals surface area (Å²) in [5, 5.41) is 18.7. The van der Waals surface area contributed by atoms with Gasteiger partial charge in [0.1, 0.15) is 0 Å². The molecular weight excluding hydrogens is 272 g/mol. The van der Waals surface area contributed by atoms with E-state index in [1.54, 1.807) is 0 Å². The number of hydrogen-bond donors (Lipinski definition) is 2. The predicted octanol–water partition coefficient (Wildman–Crippen LogP) is 4.42. The smallest absolute Gasteiger partial charge is 0.502 e. The molecule has 0 spiro atoms. The van der Waals surface area contributed by atoms with Crippen molar-refractivity contribution in [1.82, 2.24) is 0 Å². The number of benzene rings is 1. The molecule has 0 aliphatic rings. The number of phenols is 1. The average molecular weight is 296 g/mol. The molecule has 0 fully saturated rings. The van der Waals surface area contributed by atoms with Crippen LogP contribution in [-0.4, -0.2) is 23.0 Å². The van der Waals surface area contributed by atoms with Crippen LogP contribution in [-0.2, 0) is 0 Å². The number of ether oxygens (including phenoxy) is 2. The number of carbonyl (C=O) groups is 1. The van der Waals surface area contributed by atoms with Crippen LogP contribution in [0.3, 0.4) is 0 Å². The van der Waals surface area contributed by atoms with E-state index in [0.717, 1.165) is 24.0 Å². The Balaban J connectivity index is 2.71. The third-order valence-electron chi connectivity index (χ3n) is 3.42. The van der Waals surface area contributed by atoms with Gasteiger partial charge in [0.15, 0.2) is 11.5 Å². The van der Waals surface area contributed by atoms with E-state index in [-0.39, 0.29) is 11.5 Å². The van der Waals surface area contributed by atoms with Crippen LogP contribution in [0.15, 0.2) is 6.07 Å². The minimum atomic E-state index is -1.46. The first kappa shape index (κ1) is 17.1. The Hall–Kier alpha value is -1.91. The lowest BCUT2D eigenvalue weighted by Crippen LogP contribution is -2.06. The fourth-order valence-corrected chi connectivity index (χ4v) is 2.07. The van der Waals surface area contributed by atoms with Crippen LogP contribution >= 0.6 is 0 Å². The van der Waals surface area contributed by atoms with Crippen molar-refractivity contribution in [2.45, 2.75) is 52.9 Å². The van der Waals surface area contributed by atoms with Crippen LogP contribution in [0.1, 0.15) is 50.2 Å². The lowest BCUT2D eigenvalue weighted by atomic mass is 10.1. The van der Waals surface area contributed by atoms with Gasteiger partial charge in [0.25, 0.3) is 0 Å². The molecule has 0 saturated carbocycles. The minimum absolute atomic E-state index is 0.0911. The van der Waals surface area contributed by atoms with Crippen LogP contribution in [0.25, 0.3) is 0 Å². The zero-order valence-corrected chi connectivity index (χ0v) is 12.9. The highest BCUT2D eigenvalue weighted by Crippen LogP contribution is 2.41. The number of hydrogen-bond acceptors (Lipinski definition) is 4. The number of phenolic OH excluding ortho intramolecular Hbond substituents is 1. The van der Waals surface area contributed by atoms with Crippen molar-refractivity contribution in [2.24, 2.45) is 0 Å². The van der Waals surface area contributed by atoms with E-state index in [4.69, 9.17) is 9.84 Å². The molecule has 0 aliphatic carbocycles. The predicted molar refractivity (Wildman–Crippen MR) is 80.5 cm³/mol. The van der Waals surface area contributed by atoms with E-state index in [0.29, 0.717) is 12.4 Å². The second-order valence-corrected chi connectivity index (χ2v) is 5.12. The summed E-state index contributed by atoms with van der Waals surface area (Å²) in [6, 6.07) is 1.49. The van der Waals surface area contributed by atoms with E-state index in [1.165, 1.54) is 25.3 Å². The molecule has 0 bridgehead atoms. The first-order valence-electron chi connectivity index (χ1n) is 7.34. The van der Waals surface area contributed by atoms with Crippen molar-refractivity contribution < 1.29 is 24.5 Å². The molecule has 5 heteroatoms. The van der Waals surface area contributed by atoms with Crippen molar-refractivity contribution in [3.8, 4) is 17.2 Å². The molecule has 0 saturated heterocycles. The van der Waals surface area contributed by atoms with Gasteiger partial charge in [-0.15, -0.1) is 0 Å². The normalized spacial score (nSPS) is 10.4. The topological polar surface area (TPSA) is 76.0 Å². The highest BCUT2D eigenvalue weighted by atomic mass is 16.7. The summed E-state index contributed by atoms with van der Waals surface area (Å²) in [7, 11) is 0. The Labute approximate surface area is 125 Å². The molecule has 0 radical (unpaired) electrons. The molecular formula is C16H24O5. The van der Waals surface area contributed by atoms with E-state index >= 15 is 0 Å². The van der Waals surface area contributed by atoms with Gasteiger partial charge >= 0.3 is 6.16 Å². The molecule has 0 heterocycles. The monoisotopic (exact) mass is 296 g/mol. The molecule has 0 amide bonds. The maximum atomic E-state index is 10.6. The van der Waals surface area contributed by atoms with Gasteiger partial charge in [-0.3, -0.25) is 0 Å². The summed E-state index contributed by atoms with van der Waals surface area (Å²) < 4.78 is 10.2. The van der Waals surface area contributed by atoms with Gasteiger partial charge in [-0.1, -0.05) is 32.6 Å². The van der Waals surface area contributed by atoms with Gasteiger partial charge in [0, 0.05) is 0 Å². The lowest BCUT2D eigenvalue weighted by Gasteiger charge is -2.15. The van der Waals surface area contributed by atoms with Gasteiger partial charge in [-0.05, 0) is 37.5 Å². The zero-order chi connectivity index (χ0) is 15.8. The first-order chi connectivity index (χ1) is 9.97. The molecule has 1 rings (SSSR count). The van der Waals surface area contributed by atoms with Crippen molar-refractivity contribution in [1.29, 1.82) is 0 Å². The Morgan fingerprint density at radius 3 is 2.48 bits per heavy atom. The number of aryl methyl sites for hydroxylation is 1. The van der Waals surface area contributed by atoms with Crippen LogP contribution in [0.5, 0.6) is 17.2 Å². The summed E-state index contributed by atoms with van der Waals surface area (Å²) in [4.78, 5) is 10.6. The fraction of sp³-hybridized carbons (Fsp3) is 0.562. The standard InChI is InChI=1S/C16H24O5/c1-4-5-6-7-8-9-20-15-12(3)11(2)10-13(14(15)17)21-16(18)19/h10,17H,4-9H2,1-3H3,(H,18,19). The number of carboxylic acid groups (broad SMARTS) is 1. The van der Waals surface area contributed by atoms with E-state index in [2.05, 4.69) is 11.7 Å². The maximum Gasteiger partial charge on any atom is 0.511 e. The van der Waals surface area contributed by atoms with Gasteiger partial charge in [0.05, 0.1) is 6.61 Å². The summed E-state index contributed by atoms with van der Waals surface area (Å²) in [5.41, 5.74) is 1.60. The highest BCUT2D eigenvalue weighted by molar-refractivity contribution is 5.66. The number of unbranched alkanes of at least 4 members (excludes halogenated alkanes) is 4. The third-order valence-corrected chi connectivity index (χ3v) is 3.42. The SMILES string of the molecule is CCCCCCCOc1c(C)c(C)cc(OC(=O)O)c1O. The van der Waals surface area contributed by atoms with E-state index in [9.17, 15) is 9.90 Å². The van der Waals surface area contributed by atoms with Crippen LogP contribution < -0.4 is 9.47 Å². The second-order valence-electron chi connectivity index (χ2n) is 5.12. The fourth-order valence-electron chi connectivity index (χ4n) is 2.07. The van der Waals surface area contributed by atoms with E-state index in [1.807, 2.05) is 13.8 Å². The summed E-state index contributed by atoms with van der Waals surface area (Å²) in [5.74, 6) is -0.0395. The van der Waals surface area contributed by atoms with Gasteiger partial charge in [-0.25, -0.2) is 4.79 Å². The summed E-state index contributed by atoms with van der Waals surface area (Å²) in [6.07, 6.45) is 4.10. The van der Waals surface area contributed by atoms with E-state index < -0.39 is 6.16 Å². The minimum Gasteiger partial charge on any atom is -0.502 e. The molecule has 2 N–H and O–H groups in total. The third kappa shape index (κ3) is 5.17. The van der Waals surface area contributed by atoms with Crippen molar-refractivity contribution in [3.63, 3.8) is 0 Å². The summed E-state index contributed by atoms with van der Waals surface area (Å²) >= 11 is 0. The molecule has 0 atom stereocenters. The molecule has 5 nitrogen and oxygen atoms in total. The Morgan fingerprint density at radius 1 is 1.19 bits per heavy atom. The van der Waals surface area contributed by atoms with Crippen LogP contribution in [0.4, 0.5) is 4.79 Å². The first-order valence-corrected chi connectivity index (χ1v) is 7.34. The Kier molecular flexibility index (Phi) is 6.85. The average Bonchev–Trinajstić information content (AvgIpc) is 2.42. The second kappa shape index (κ2) is 8.39. The highest BCUT2D eigenvalue weighted by Gasteiger charge is 2.17. The maximum absolute atomic E-state index is 10.6. The van der Waals surface area contributed by atoms with Crippen molar-refractivity contribution in [3.05, 3.63) is 17.2 Å². The van der Waals surface area contributed by atoms with Crippen molar-refractivity contribution >= 4 is 6.16 Å². The Bertz CT molecular complexity index is 482. The zero-order valence-electron chi connectivity index (χ0n) is 12.9. The summed E-state index contributed by atoms with van der Waals surface area (Å²) in [6.45, 7) is 6.30. The van der Waals surface area contributed by atoms with Gasteiger partial charge in [0.2, 0.25) is 5.75 Å². The molecule has 118 valence electrons. The number of aromatic hydroxyl groups is 1. The van der Waals surface area contributed by atoms with Gasteiger partial charge < -0.3 is 19.7 Å². The largest absolute Gasteiger partial charge is 0.511 e. The molecule has 0 unspecified atom stereocenters. The lowest BCUT2D eigenvalue weighted by molar-refractivity contribution is 0.142. The molecule has 21 heavy (non-hydrogen) atoms. The Morgan fingerprint density at radius 2 is 1.86 bits per heavy atom. The quantitative estimate of drug-likeness (QED) is 0.422.